The zero-order valence-electron chi connectivity index (χ0n) is 15.1. The minimum atomic E-state index is 0.294. The van der Waals surface area contributed by atoms with Gasteiger partial charge in [-0.25, -0.2) is 0 Å². The Morgan fingerprint density at radius 3 is 2.64 bits per heavy atom. The van der Waals surface area contributed by atoms with Crippen molar-refractivity contribution in [2.75, 3.05) is 38.5 Å². The molecule has 1 saturated heterocycles. The Labute approximate surface area is 155 Å². The van der Waals surface area contributed by atoms with E-state index in [0.717, 1.165) is 38.4 Å². The van der Waals surface area contributed by atoms with Crippen molar-refractivity contribution in [3.05, 3.63) is 42.5 Å². The fourth-order valence-electron chi connectivity index (χ4n) is 3.45. The van der Waals surface area contributed by atoms with Crippen LogP contribution in [-0.4, -0.2) is 54.2 Å². The molecule has 0 aliphatic carbocycles. The molecule has 3 rings (SSSR count). The van der Waals surface area contributed by atoms with Crippen LogP contribution in [0.5, 0.6) is 0 Å². The van der Waals surface area contributed by atoms with Gasteiger partial charge in [0.2, 0.25) is 5.91 Å². The van der Waals surface area contributed by atoms with Crippen molar-refractivity contribution >= 4 is 28.4 Å². The zero-order chi connectivity index (χ0) is 17.5. The molecular formula is C21H28N2OS. The number of thioether (sulfide) groups is 1. The lowest BCUT2D eigenvalue weighted by molar-refractivity contribution is -0.132. The molecule has 1 aliphatic heterocycles. The zero-order valence-corrected chi connectivity index (χ0v) is 15.9. The third-order valence-corrected chi connectivity index (χ3v) is 5.83. The second kappa shape index (κ2) is 9.25. The van der Waals surface area contributed by atoms with Gasteiger partial charge in [-0.2, -0.15) is 0 Å². The van der Waals surface area contributed by atoms with Crippen LogP contribution in [0.4, 0.5) is 0 Å². The van der Waals surface area contributed by atoms with Crippen LogP contribution in [0.15, 0.2) is 47.4 Å². The highest BCUT2D eigenvalue weighted by atomic mass is 32.2. The molecule has 1 heterocycles. The van der Waals surface area contributed by atoms with Crippen molar-refractivity contribution in [3.8, 4) is 0 Å². The number of benzene rings is 2. The maximum Gasteiger partial charge on any atom is 0.236 e. The molecule has 134 valence electrons. The number of nitrogens with zero attached hydrogens (tertiary/aromatic N) is 2. The van der Waals surface area contributed by atoms with E-state index in [9.17, 15) is 4.79 Å². The monoisotopic (exact) mass is 356 g/mol. The van der Waals surface area contributed by atoms with Crippen LogP contribution >= 0.6 is 11.8 Å². The predicted octanol–water partition coefficient (Wildman–Crippen LogP) is 4.27. The molecule has 0 radical (unpaired) electrons. The largest absolute Gasteiger partial charge is 0.341 e. The summed E-state index contributed by atoms with van der Waals surface area (Å²) in [7, 11) is 0. The molecule has 0 unspecified atom stereocenters. The van der Waals surface area contributed by atoms with Crippen molar-refractivity contribution in [1.29, 1.82) is 0 Å². The third kappa shape index (κ3) is 4.99. The molecule has 1 fully saturated rings. The lowest BCUT2D eigenvalue weighted by Gasteiger charge is -2.25. The molecule has 0 spiro atoms. The third-order valence-electron chi connectivity index (χ3n) is 4.77. The number of carbonyl (C=O) groups excluding carboxylic acids is 1. The van der Waals surface area contributed by atoms with E-state index in [2.05, 4.69) is 59.2 Å². The fourth-order valence-corrected chi connectivity index (χ4v) is 4.50. The van der Waals surface area contributed by atoms with Crippen molar-refractivity contribution in [2.24, 2.45) is 0 Å². The number of rotatable bonds is 8. The first kappa shape index (κ1) is 18.3. The Morgan fingerprint density at radius 1 is 1.08 bits per heavy atom. The average molecular weight is 357 g/mol. The number of carbonyl (C=O) groups is 1. The number of hydrogen-bond acceptors (Lipinski definition) is 3. The van der Waals surface area contributed by atoms with Gasteiger partial charge >= 0.3 is 0 Å². The van der Waals surface area contributed by atoms with E-state index in [1.165, 1.54) is 28.5 Å². The highest BCUT2D eigenvalue weighted by Gasteiger charge is 2.19. The Morgan fingerprint density at radius 2 is 1.84 bits per heavy atom. The highest BCUT2D eigenvalue weighted by Crippen LogP contribution is 2.27. The SMILES string of the molecule is CCCN(CCSc1cccc2ccccc12)C(=O)CN1CCCC1. The normalized spacial score (nSPS) is 14.9. The van der Waals surface area contributed by atoms with Gasteiger partial charge in [-0.15, -0.1) is 11.8 Å². The molecule has 0 aromatic heterocycles. The second-order valence-corrected chi connectivity index (χ2v) is 7.83. The van der Waals surface area contributed by atoms with Gasteiger partial charge in [0.25, 0.3) is 0 Å². The number of fused-ring (bicyclic) bond motifs is 1. The maximum absolute atomic E-state index is 12.6. The van der Waals surface area contributed by atoms with Crippen molar-refractivity contribution < 1.29 is 4.79 Å². The van der Waals surface area contributed by atoms with Crippen molar-refractivity contribution in [3.63, 3.8) is 0 Å². The lowest BCUT2D eigenvalue weighted by atomic mass is 10.1. The summed E-state index contributed by atoms with van der Waals surface area (Å²) in [4.78, 5) is 18.3. The van der Waals surface area contributed by atoms with Crippen LogP contribution in [0.2, 0.25) is 0 Å². The van der Waals surface area contributed by atoms with Crippen LogP contribution in [0.25, 0.3) is 10.8 Å². The molecule has 1 aliphatic rings. The van der Waals surface area contributed by atoms with Gasteiger partial charge in [-0.1, -0.05) is 43.3 Å². The van der Waals surface area contributed by atoms with Crippen LogP contribution in [0.1, 0.15) is 26.2 Å². The molecule has 2 aromatic carbocycles. The molecule has 0 bridgehead atoms. The highest BCUT2D eigenvalue weighted by molar-refractivity contribution is 7.99. The first-order valence-electron chi connectivity index (χ1n) is 9.38. The number of hydrogen-bond donors (Lipinski definition) is 0. The Hall–Kier alpha value is -1.52. The smallest absolute Gasteiger partial charge is 0.236 e. The topological polar surface area (TPSA) is 23.6 Å². The Bertz CT molecular complexity index is 692. The standard InChI is InChI=1S/C21H28N2OS/c1-2-12-23(21(24)17-22-13-5-6-14-22)15-16-25-20-11-7-9-18-8-3-4-10-19(18)20/h3-4,7-11H,2,5-6,12-17H2,1H3. The second-order valence-electron chi connectivity index (χ2n) is 6.69. The van der Waals surface area contributed by atoms with E-state index >= 15 is 0 Å². The van der Waals surface area contributed by atoms with Gasteiger partial charge in [-0.05, 0) is 49.2 Å². The van der Waals surface area contributed by atoms with Gasteiger partial charge in [0.15, 0.2) is 0 Å². The van der Waals surface area contributed by atoms with Crippen LogP contribution < -0.4 is 0 Å². The van der Waals surface area contributed by atoms with Gasteiger partial charge in [0.05, 0.1) is 6.54 Å². The maximum atomic E-state index is 12.6. The summed E-state index contributed by atoms with van der Waals surface area (Å²) in [6.07, 6.45) is 3.49. The predicted molar refractivity (Wildman–Crippen MR) is 107 cm³/mol. The quantitative estimate of drug-likeness (QED) is 0.660. The summed E-state index contributed by atoms with van der Waals surface area (Å²) < 4.78 is 0. The molecule has 0 atom stereocenters. The van der Waals surface area contributed by atoms with Crippen LogP contribution in [-0.2, 0) is 4.79 Å². The van der Waals surface area contributed by atoms with Gasteiger partial charge in [0, 0.05) is 23.7 Å². The Kier molecular flexibility index (Phi) is 6.76. The summed E-state index contributed by atoms with van der Waals surface area (Å²) in [5, 5.41) is 2.59. The fraction of sp³-hybridized carbons (Fsp3) is 0.476. The molecule has 0 saturated carbocycles. The van der Waals surface area contributed by atoms with Gasteiger partial charge < -0.3 is 4.90 Å². The van der Waals surface area contributed by atoms with Crippen LogP contribution in [0, 0.1) is 0 Å². The molecule has 25 heavy (non-hydrogen) atoms. The van der Waals surface area contributed by atoms with E-state index < -0.39 is 0 Å². The summed E-state index contributed by atoms with van der Waals surface area (Å²) >= 11 is 1.86. The Balaban J connectivity index is 1.56. The number of amides is 1. The molecule has 4 heteroatoms. The summed E-state index contributed by atoms with van der Waals surface area (Å²) in [6.45, 7) is 6.59. The van der Waals surface area contributed by atoms with Crippen LogP contribution in [0.3, 0.4) is 0 Å². The van der Waals surface area contributed by atoms with Gasteiger partial charge in [-0.3, -0.25) is 9.69 Å². The molecular weight excluding hydrogens is 328 g/mol. The van der Waals surface area contributed by atoms with Crippen molar-refractivity contribution in [1.82, 2.24) is 9.80 Å². The van der Waals surface area contributed by atoms with E-state index in [0.29, 0.717) is 12.5 Å². The average Bonchev–Trinajstić information content (AvgIpc) is 3.14. The summed E-state index contributed by atoms with van der Waals surface area (Å²) in [6, 6.07) is 15.0. The van der Waals surface area contributed by atoms with Gasteiger partial charge in [0.1, 0.15) is 0 Å². The first-order chi connectivity index (χ1) is 12.3. The lowest BCUT2D eigenvalue weighted by Crippen LogP contribution is -2.40. The first-order valence-corrected chi connectivity index (χ1v) is 10.4. The molecule has 0 N–H and O–H groups in total. The van der Waals surface area contributed by atoms with E-state index in [4.69, 9.17) is 0 Å². The van der Waals surface area contributed by atoms with E-state index in [1.807, 2.05) is 11.8 Å². The van der Waals surface area contributed by atoms with E-state index in [-0.39, 0.29) is 0 Å². The van der Waals surface area contributed by atoms with Crippen molar-refractivity contribution in [2.45, 2.75) is 31.1 Å². The molecule has 3 nitrogen and oxygen atoms in total. The number of likely N-dealkylation sites (tertiary alicyclic amines) is 1. The minimum Gasteiger partial charge on any atom is -0.341 e. The minimum absolute atomic E-state index is 0.294. The summed E-state index contributed by atoms with van der Waals surface area (Å²) in [5.74, 6) is 1.24. The molecule has 1 amide bonds. The molecule has 2 aromatic rings. The summed E-state index contributed by atoms with van der Waals surface area (Å²) in [5.41, 5.74) is 0. The van der Waals surface area contributed by atoms with E-state index in [1.54, 1.807) is 0 Å².